The summed E-state index contributed by atoms with van der Waals surface area (Å²) in [6, 6.07) is -0.411. The molecule has 0 aliphatic carbocycles. The lowest BCUT2D eigenvalue weighted by Gasteiger charge is -2.09. The van der Waals surface area contributed by atoms with Crippen molar-refractivity contribution in [3.05, 3.63) is 12.2 Å². The van der Waals surface area contributed by atoms with E-state index in [-0.39, 0.29) is 11.9 Å². The molecule has 1 fully saturated rings. The first kappa shape index (κ1) is 17.7. The van der Waals surface area contributed by atoms with Crippen molar-refractivity contribution < 1.29 is 14.3 Å². The molecule has 1 rings (SSSR count). The van der Waals surface area contributed by atoms with Gasteiger partial charge in [0.2, 0.25) is 5.91 Å². The average Bonchev–Trinajstić information content (AvgIpc) is 2.91. The van der Waals surface area contributed by atoms with Crippen molar-refractivity contribution >= 4 is 11.9 Å². The van der Waals surface area contributed by atoms with Crippen LogP contribution in [0.1, 0.15) is 71.1 Å². The molecule has 1 saturated heterocycles. The van der Waals surface area contributed by atoms with Crippen LogP contribution < -0.4 is 5.32 Å². The van der Waals surface area contributed by atoms with Gasteiger partial charge in [0.05, 0.1) is 6.61 Å². The Morgan fingerprint density at radius 1 is 1.19 bits per heavy atom. The second kappa shape index (κ2) is 11.4. The number of allylic oxidation sites excluding steroid dienone is 2. The van der Waals surface area contributed by atoms with Gasteiger partial charge in [0, 0.05) is 6.42 Å². The molecule has 1 N–H and O–H groups in total. The summed E-state index contributed by atoms with van der Waals surface area (Å²) in [5.41, 5.74) is 0. The maximum atomic E-state index is 11.6. The highest BCUT2D eigenvalue weighted by Crippen LogP contribution is 2.09. The number of carbonyl (C=O) groups excluding carboxylic acids is 2. The van der Waals surface area contributed by atoms with Crippen molar-refractivity contribution in [2.75, 3.05) is 6.61 Å². The molecule has 1 amide bonds. The van der Waals surface area contributed by atoms with E-state index in [1.54, 1.807) is 0 Å². The minimum Gasteiger partial charge on any atom is -0.464 e. The van der Waals surface area contributed by atoms with E-state index < -0.39 is 6.04 Å². The summed E-state index contributed by atoms with van der Waals surface area (Å²) in [6.07, 6.45) is 14.8. The summed E-state index contributed by atoms with van der Waals surface area (Å²) in [6.45, 7) is 2.68. The molecule has 1 heterocycles. The van der Waals surface area contributed by atoms with E-state index in [0.717, 1.165) is 19.3 Å². The molecule has 4 nitrogen and oxygen atoms in total. The lowest BCUT2D eigenvalue weighted by atomic mass is 10.1. The minimum absolute atomic E-state index is 0.0519. The van der Waals surface area contributed by atoms with Crippen LogP contribution in [0.3, 0.4) is 0 Å². The fourth-order valence-electron chi connectivity index (χ4n) is 2.34. The molecule has 120 valence electrons. The third kappa shape index (κ3) is 8.53. The van der Waals surface area contributed by atoms with Gasteiger partial charge in [-0.2, -0.15) is 0 Å². The molecule has 0 aromatic rings. The van der Waals surface area contributed by atoms with Gasteiger partial charge in [0.25, 0.3) is 0 Å². The molecule has 0 spiro atoms. The van der Waals surface area contributed by atoms with Crippen molar-refractivity contribution in [3.8, 4) is 0 Å². The average molecular weight is 295 g/mol. The fourth-order valence-corrected chi connectivity index (χ4v) is 2.34. The van der Waals surface area contributed by atoms with Crippen LogP contribution in [0, 0.1) is 0 Å². The number of nitrogens with one attached hydrogen (secondary N) is 1. The Bertz CT molecular complexity index is 339. The van der Waals surface area contributed by atoms with Gasteiger partial charge >= 0.3 is 5.97 Å². The smallest absolute Gasteiger partial charge is 0.328 e. The molecule has 0 aromatic heterocycles. The Labute approximate surface area is 128 Å². The summed E-state index contributed by atoms with van der Waals surface area (Å²) < 4.78 is 5.18. The number of rotatable bonds is 11. The van der Waals surface area contributed by atoms with Crippen LogP contribution in [0.5, 0.6) is 0 Å². The van der Waals surface area contributed by atoms with E-state index in [4.69, 9.17) is 4.74 Å². The number of hydrogen-bond donors (Lipinski definition) is 1. The highest BCUT2D eigenvalue weighted by molar-refractivity contribution is 5.87. The van der Waals surface area contributed by atoms with Gasteiger partial charge in [0.15, 0.2) is 0 Å². The first-order chi connectivity index (χ1) is 10.2. The highest BCUT2D eigenvalue weighted by atomic mass is 16.5. The van der Waals surface area contributed by atoms with Crippen LogP contribution in [0.2, 0.25) is 0 Å². The molecule has 1 atom stereocenters. The predicted octanol–water partition coefficient (Wildman–Crippen LogP) is 3.51. The number of ether oxygens (including phenoxy) is 1. The zero-order valence-electron chi connectivity index (χ0n) is 13.2. The highest BCUT2D eigenvalue weighted by Gasteiger charge is 2.28. The summed E-state index contributed by atoms with van der Waals surface area (Å²) >= 11 is 0. The van der Waals surface area contributed by atoms with Crippen molar-refractivity contribution in [2.24, 2.45) is 0 Å². The first-order valence-electron chi connectivity index (χ1n) is 8.35. The van der Waals surface area contributed by atoms with Crippen LogP contribution in [0.15, 0.2) is 12.2 Å². The van der Waals surface area contributed by atoms with Crippen LogP contribution in [0.25, 0.3) is 0 Å². The predicted molar refractivity (Wildman–Crippen MR) is 83.9 cm³/mol. The first-order valence-corrected chi connectivity index (χ1v) is 8.35. The van der Waals surface area contributed by atoms with Gasteiger partial charge in [-0.3, -0.25) is 4.79 Å². The lowest BCUT2D eigenvalue weighted by molar-refractivity contribution is -0.146. The van der Waals surface area contributed by atoms with E-state index in [0.29, 0.717) is 19.4 Å². The molecule has 21 heavy (non-hydrogen) atoms. The zero-order chi connectivity index (χ0) is 15.3. The Morgan fingerprint density at radius 3 is 2.57 bits per heavy atom. The van der Waals surface area contributed by atoms with E-state index >= 15 is 0 Å². The van der Waals surface area contributed by atoms with Gasteiger partial charge in [0.1, 0.15) is 6.04 Å². The Morgan fingerprint density at radius 2 is 1.90 bits per heavy atom. The van der Waals surface area contributed by atoms with Crippen LogP contribution >= 0.6 is 0 Å². The van der Waals surface area contributed by atoms with Crippen LogP contribution in [-0.2, 0) is 14.3 Å². The summed E-state index contributed by atoms with van der Waals surface area (Å²) in [7, 11) is 0. The Balaban J connectivity index is 1.87. The standard InChI is InChI=1S/C17H29NO3/c1-2-3-4-5-6-7-8-9-10-11-14-21-17(20)15-12-13-16(19)18-15/h5-6,15H,2-4,7-14H2,1H3,(H,18,19)/b6-5+/t15-/m0/s1. The molecular formula is C17H29NO3. The monoisotopic (exact) mass is 295 g/mol. The maximum Gasteiger partial charge on any atom is 0.328 e. The van der Waals surface area contributed by atoms with Gasteiger partial charge < -0.3 is 10.1 Å². The molecular weight excluding hydrogens is 266 g/mol. The SMILES string of the molecule is CCCC/C=C/CCCCCCOC(=O)[C@@H]1CCC(=O)N1. The molecule has 1 aliphatic rings. The van der Waals surface area contributed by atoms with Gasteiger partial charge in [-0.15, -0.1) is 0 Å². The largest absolute Gasteiger partial charge is 0.464 e. The number of unbranched alkanes of at least 4 members (excludes halogenated alkanes) is 6. The van der Waals surface area contributed by atoms with Crippen LogP contribution in [0.4, 0.5) is 0 Å². The summed E-state index contributed by atoms with van der Waals surface area (Å²) in [4.78, 5) is 22.6. The minimum atomic E-state index is -0.411. The van der Waals surface area contributed by atoms with Gasteiger partial charge in [-0.05, 0) is 32.1 Å². The summed E-state index contributed by atoms with van der Waals surface area (Å²) in [5, 5.41) is 2.62. The van der Waals surface area contributed by atoms with Crippen molar-refractivity contribution in [1.82, 2.24) is 5.32 Å². The van der Waals surface area contributed by atoms with E-state index in [2.05, 4.69) is 24.4 Å². The molecule has 0 saturated carbocycles. The van der Waals surface area contributed by atoms with Gasteiger partial charge in [-0.1, -0.05) is 44.8 Å². The van der Waals surface area contributed by atoms with Crippen LogP contribution in [-0.4, -0.2) is 24.5 Å². The molecule has 0 unspecified atom stereocenters. The Hall–Kier alpha value is -1.32. The maximum absolute atomic E-state index is 11.6. The van der Waals surface area contributed by atoms with Crippen molar-refractivity contribution in [2.45, 2.75) is 77.2 Å². The third-order valence-electron chi connectivity index (χ3n) is 3.68. The van der Waals surface area contributed by atoms with E-state index in [9.17, 15) is 9.59 Å². The van der Waals surface area contributed by atoms with E-state index in [1.165, 1.54) is 32.1 Å². The molecule has 0 bridgehead atoms. The molecule has 0 aromatic carbocycles. The normalized spacial score (nSPS) is 18.1. The topological polar surface area (TPSA) is 55.4 Å². The second-order valence-corrected chi connectivity index (χ2v) is 5.64. The molecule has 1 aliphatic heterocycles. The second-order valence-electron chi connectivity index (χ2n) is 5.64. The van der Waals surface area contributed by atoms with Crippen molar-refractivity contribution in [1.29, 1.82) is 0 Å². The summed E-state index contributed by atoms with van der Waals surface area (Å²) in [5.74, 6) is -0.330. The third-order valence-corrected chi connectivity index (χ3v) is 3.68. The zero-order valence-corrected chi connectivity index (χ0v) is 13.2. The number of carbonyl (C=O) groups is 2. The van der Waals surface area contributed by atoms with Gasteiger partial charge in [-0.25, -0.2) is 4.79 Å². The molecule has 4 heteroatoms. The lowest BCUT2D eigenvalue weighted by Crippen LogP contribution is -2.34. The number of amides is 1. The quantitative estimate of drug-likeness (QED) is 0.360. The fraction of sp³-hybridized carbons (Fsp3) is 0.765. The number of hydrogen-bond acceptors (Lipinski definition) is 3. The Kier molecular flexibility index (Phi) is 9.58. The number of esters is 1. The van der Waals surface area contributed by atoms with Crippen molar-refractivity contribution in [3.63, 3.8) is 0 Å². The molecule has 0 radical (unpaired) electrons. The van der Waals surface area contributed by atoms with E-state index in [1.807, 2.05) is 0 Å².